The minimum absolute atomic E-state index is 0.0395. The fraction of sp³-hybridized carbons (Fsp3) is 0.467. The Bertz CT molecular complexity index is 471. The zero-order valence-corrected chi connectivity index (χ0v) is 11.3. The molecular weight excluding hydrogens is 240 g/mol. The summed E-state index contributed by atoms with van der Waals surface area (Å²) in [7, 11) is 0. The molecule has 0 aliphatic carbocycles. The first-order valence-electron chi connectivity index (χ1n) is 6.82. The maximum absolute atomic E-state index is 12.0. The van der Waals surface area contributed by atoms with Crippen molar-refractivity contribution >= 4 is 11.8 Å². The van der Waals surface area contributed by atoms with Crippen LogP contribution in [-0.2, 0) is 22.6 Å². The van der Waals surface area contributed by atoms with E-state index in [9.17, 15) is 9.59 Å². The van der Waals surface area contributed by atoms with Gasteiger partial charge in [-0.05, 0) is 24.0 Å². The highest BCUT2D eigenvalue weighted by molar-refractivity contribution is 5.96. The van der Waals surface area contributed by atoms with E-state index in [1.54, 1.807) is 4.90 Å². The molecule has 4 nitrogen and oxygen atoms in total. The van der Waals surface area contributed by atoms with E-state index in [0.717, 1.165) is 12.8 Å². The largest absolute Gasteiger partial charge is 0.356 e. The zero-order chi connectivity index (χ0) is 13.7. The molecule has 19 heavy (non-hydrogen) atoms. The predicted octanol–water partition coefficient (Wildman–Crippen LogP) is 1.49. The minimum atomic E-state index is -0.175. The third-order valence-corrected chi connectivity index (χ3v) is 3.37. The molecule has 1 aliphatic rings. The van der Waals surface area contributed by atoms with Gasteiger partial charge in [0, 0.05) is 19.6 Å². The summed E-state index contributed by atoms with van der Waals surface area (Å²) in [5.41, 5.74) is 2.50. The van der Waals surface area contributed by atoms with Gasteiger partial charge in [0.1, 0.15) is 6.42 Å². The number of fused-ring (bicyclic) bond motifs is 1. The Morgan fingerprint density at radius 2 is 2.00 bits per heavy atom. The maximum Gasteiger partial charge on any atom is 0.232 e. The van der Waals surface area contributed by atoms with Crippen molar-refractivity contribution in [2.75, 3.05) is 13.1 Å². The molecule has 0 fully saturated rings. The van der Waals surface area contributed by atoms with Crippen LogP contribution in [0.1, 0.15) is 30.9 Å². The van der Waals surface area contributed by atoms with Gasteiger partial charge in [0.25, 0.3) is 0 Å². The molecule has 0 atom stereocenters. The van der Waals surface area contributed by atoms with Crippen molar-refractivity contribution < 1.29 is 9.59 Å². The number of rotatable bonds is 4. The summed E-state index contributed by atoms with van der Waals surface area (Å²) in [4.78, 5) is 25.4. The molecule has 1 N–H and O–H groups in total. The van der Waals surface area contributed by atoms with E-state index in [0.29, 0.717) is 19.6 Å². The van der Waals surface area contributed by atoms with Crippen LogP contribution in [0.3, 0.4) is 0 Å². The number of hydrogen-bond donors (Lipinski definition) is 1. The minimum Gasteiger partial charge on any atom is -0.356 e. The monoisotopic (exact) mass is 260 g/mol. The van der Waals surface area contributed by atoms with Gasteiger partial charge in [0.15, 0.2) is 0 Å². The van der Waals surface area contributed by atoms with Gasteiger partial charge in [-0.25, -0.2) is 0 Å². The second-order valence-electron chi connectivity index (χ2n) is 4.86. The van der Waals surface area contributed by atoms with Crippen LogP contribution in [0, 0.1) is 0 Å². The molecule has 0 saturated heterocycles. The lowest BCUT2D eigenvalue weighted by Gasteiger charge is -2.28. The number of nitrogens with zero attached hydrogens (tertiary/aromatic N) is 1. The van der Waals surface area contributed by atoms with Gasteiger partial charge in [-0.3, -0.25) is 9.59 Å². The number of carbonyl (C=O) groups excluding carboxylic acids is 2. The van der Waals surface area contributed by atoms with Gasteiger partial charge >= 0.3 is 0 Å². The topological polar surface area (TPSA) is 49.4 Å². The average Bonchev–Trinajstić information content (AvgIpc) is 2.44. The fourth-order valence-electron chi connectivity index (χ4n) is 2.28. The van der Waals surface area contributed by atoms with Crippen LogP contribution in [0.15, 0.2) is 24.3 Å². The molecule has 0 unspecified atom stereocenters. The van der Waals surface area contributed by atoms with E-state index in [-0.39, 0.29) is 18.2 Å². The van der Waals surface area contributed by atoms with Gasteiger partial charge in [-0.2, -0.15) is 0 Å². The summed E-state index contributed by atoms with van der Waals surface area (Å²) < 4.78 is 0. The van der Waals surface area contributed by atoms with Crippen molar-refractivity contribution in [1.29, 1.82) is 0 Å². The highest BCUT2D eigenvalue weighted by atomic mass is 16.2. The van der Waals surface area contributed by atoms with E-state index < -0.39 is 0 Å². The normalized spacial score (nSPS) is 13.8. The third kappa shape index (κ3) is 3.56. The Morgan fingerprint density at radius 1 is 1.26 bits per heavy atom. The van der Waals surface area contributed by atoms with Gasteiger partial charge in [-0.15, -0.1) is 0 Å². The molecule has 0 aromatic heterocycles. The van der Waals surface area contributed by atoms with Crippen molar-refractivity contribution in [3.63, 3.8) is 0 Å². The van der Waals surface area contributed by atoms with E-state index in [4.69, 9.17) is 0 Å². The van der Waals surface area contributed by atoms with E-state index >= 15 is 0 Å². The molecule has 102 valence electrons. The van der Waals surface area contributed by atoms with Crippen molar-refractivity contribution in [3.05, 3.63) is 35.4 Å². The van der Waals surface area contributed by atoms with Gasteiger partial charge in [-0.1, -0.05) is 31.2 Å². The Kier molecular flexibility index (Phi) is 4.55. The number of amides is 2. The molecular formula is C15H20N2O2. The Labute approximate surface area is 113 Å². The lowest BCUT2D eigenvalue weighted by molar-refractivity contribution is -0.136. The quantitative estimate of drug-likeness (QED) is 0.834. The first-order chi connectivity index (χ1) is 9.20. The lowest BCUT2D eigenvalue weighted by Crippen LogP contribution is -2.39. The van der Waals surface area contributed by atoms with Crippen LogP contribution in [-0.4, -0.2) is 29.8 Å². The summed E-state index contributed by atoms with van der Waals surface area (Å²) in [6.45, 7) is 3.95. The van der Waals surface area contributed by atoms with Crippen LogP contribution in [0.2, 0.25) is 0 Å². The second-order valence-corrected chi connectivity index (χ2v) is 4.86. The zero-order valence-electron chi connectivity index (χ0n) is 11.3. The van der Waals surface area contributed by atoms with Crippen molar-refractivity contribution in [2.45, 2.75) is 32.7 Å². The maximum atomic E-state index is 12.0. The number of carbonyl (C=O) groups is 2. The third-order valence-electron chi connectivity index (χ3n) is 3.37. The van der Waals surface area contributed by atoms with E-state index in [1.165, 1.54) is 11.1 Å². The lowest BCUT2D eigenvalue weighted by atomic mass is 10.00. The molecule has 2 amide bonds. The van der Waals surface area contributed by atoms with Crippen molar-refractivity contribution in [3.8, 4) is 0 Å². The van der Waals surface area contributed by atoms with Crippen LogP contribution in [0.5, 0.6) is 0 Å². The highest BCUT2D eigenvalue weighted by Crippen LogP contribution is 2.18. The van der Waals surface area contributed by atoms with Crippen LogP contribution in [0.4, 0.5) is 0 Å². The Balaban J connectivity index is 1.90. The molecule has 1 heterocycles. The van der Waals surface area contributed by atoms with Crippen LogP contribution < -0.4 is 5.32 Å². The van der Waals surface area contributed by atoms with Gasteiger partial charge in [0.05, 0.1) is 0 Å². The first-order valence-corrected chi connectivity index (χ1v) is 6.82. The number of hydrogen-bond acceptors (Lipinski definition) is 2. The molecule has 0 bridgehead atoms. The van der Waals surface area contributed by atoms with E-state index in [2.05, 4.69) is 11.4 Å². The van der Waals surface area contributed by atoms with Gasteiger partial charge < -0.3 is 10.2 Å². The SMILES string of the molecule is CCCNC(=O)CC(=O)N1CCc2ccccc2C1. The molecule has 4 heteroatoms. The second kappa shape index (κ2) is 6.36. The summed E-state index contributed by atoms with van der Waals surface area (Å²) in [5, 5.41) is 2.74. The first kappa shape index (κ1) is 13.6. The molecule has 1 aromatic carbocycles. The molecule has 0 radical (unpaired) electrons. The van der Waals surface area contributed by atoms with Crippen LogP contribution >= 0.6 is 0 Å². The summed E-state index contributed by atoms with van der Waals surface area (Å²) in [6.07, 6.45) is 1.72. The number of nitrogens with one attached hydrogen (secondary N) is 1. The molecule has 1 aromatic rings. The Hall–Kier alpha value is -1.84. The Morgan fingerprint density at radius 3 is 2.74 bits per heavy atom. The van der Waals surface area contributed by atoms with Crippen molar-refractivity contribution in [1.82, 2.24) is 10.2 Å². The molecule has 0 spiro atoms. The van der Waals surface area contributed by atoms with Gasteiger partial charge in [0.2, 0.25) is 11.8 Å². The number of benzene rings is 1. The summed E-state index contributed by atoms with van der Waals surface area (Å²) in [5.74, 6) is -0.256. The standard InChI is InChI=1S/C15H20N2O2/c1-2-8-16-14(18)10-15(19)17-9-7-12-5-3-4-6-13(12)11-17/h3-6H,2,7-11H2,1H3,(H,16,18). The summed E-state index contributed by atoms with van der Waals surface area (Å²) >= 11 is 0. The molecule has 0 saturated carbocycles. The smallest absolute Gasteiger partial charge is 0.232 e. The van der Waals surface area contributed by atoms with E-state index in [1.807, 2.05) is 25.1 Å². The predicted molar refractivity (Wildman–Crippen MR) is 73.5 cm³/mol. The van der Waals surface area contributed by atoms with Crippen LogP contribution in [0.25, 0.3) is 0 Å². The average molecular weight is 260 g/mol. The highest BCUT2D eigenvalue weighted by Gasteiger charge is 2.21. The molecule has 2 rings (SSSR count). The summed E-state index contributed by atoms with van der Waals surface area (Å²) in [6, 6.07) is 8.16. The molecule has 1 aliphatic heterocycles. The van der Waals surface area contributed by atoms with Crippen molar-refractivity contribution in [2.24, 2.45) is 0 Å². The fourth-order valence-corrected chi connectivity index (χ4v) is 2.28.